The summed E-state index contributed by atoms with van der Waals surface area (Å²) in [6.45, 7) is 5.02. The first kappa shape index (κ1) is 16.2. The van der Waals surface area contributed by atoms with E-state index in [1.807, 2.05) is 31.5 Å². The molecule has 0 spiro atoms. The molecule has 0 aliphatic heterocycles. The van der Waals surface area contributed by atoms with E-state index in [1.54, 1.807) is 6.07 Å². The minimum Gasteiger partial charge on any atom is -0.307 e. The van der Waals surface area contributed by atoms with Gasteiger partial charge in [0.25, 0.3) is 0 Å². The van der Waals surface area contributed by atoms with E-state index in [1.165, 1.54) is 0 Å². The summed E-state index contributed by atoms with van der Waals surface area (Å²) in [6.07, 6.45) is 5.47. The quantitative estimate of drug-likeness (QED) is 0.857. The van der Waals surface area contributed by atoms with Crippen molar-refractivity contribution in [2.24, 2.45) is 0 Å². The molecule has 3 nitrogen and oxygen atoms in total. The van der Waals surface area contributed by atoms with Crippen LogP contribution in [0.25, 0.3) is 0 Å². The molecule has 1 heterocycles. The van der Waals surface area contributed by atoms with Crippen molar-refractivity contribution >= 4 is 23.2 Å². The molecule has 0 aliphatic rings. The van der Waals surface area contributed by atoms with Crippen LogP contribution in [0.3, 0.4) is 0 Å². The molecule has 0 saturated carbocycles. The third kappa shape index (κ3) is 4.67. The zero-order valence-corrected chi connectivity index (χ0v) is 13.7. The lowest BCUT2D eigenvalue weighted by Crippen LogP contribution is -2.26. The van der Waals surface area contributed by atoms with Crippen LogP contribution >= 0.6 is 23.2 Å². The topological polar surface area (TPSA) is 37.8 Å². The largest absolute Gasteiger partial charge is 0.307 e. The fourth-order valence-electron chi connectivity index (χ4n) is 2.06. The van der Waals surface area contributed by atoms with E-state index in [9.17, 15) is 0 Å². The van der Waals surface area contributed by atoms with Gasteiger partial charge in [-0.2, -0.15) is 0 Å². The second-order valence-electron chi connectivity index (χ2n) is 5.07. The summed E-state index contributed by atoms with van der Waals surface area (Å²) >= 11 is 12.2. The molecule has 2 rings (SSSR count). The average Bonchev–Trinajstić information content (AvgIpc) is 2.46. The Morgan fingerprint density at radius 1 is 1.19 bits per heavy atom. The lowest BCUT2D eigenvalue weighted by atomic mass is 10.0. The molecule has 0 bridgehead atoms. The maximum Gasteiger partial charge on any atom is 0.145 e. The van der Waals surface area contributed by atoms with Gasteiger partial charge in [0.2, 0.25) is 0 Å². The first-order valence-electron chi connectivity index (χ1n) is 7.06. The average molecular weight is 324 g/mol. The molecule has 0 fully saturated rings. The maximum absolute atomic E-state index is 6.27. The minimum absolute atomic E-state index is 0.0456. The highest BCUT2D eigenvalue weighted by Gasteiger charge is 2.16. The molecule has 112 valence electrons. The lowest BCUT2D eigenvalue weighted by molar-refractivity contribution is 0.504. The van der Waals surface area contributed by atoms with Gasteiger partial charge in [0.15, 0.2) is 0 Å². The molecule has 1 atom stereocenters. The standard InChI is InChI=1S/C16H19Cl2N3/c1-3-6-19-15(16-20-9-11(2)10-21-16)7-12-4-5-13(17)8-14(12)18/h4-5,8-10,15,19H,3,6-7H2,1-2H3. The van der Waals surface area contributed by atoms with Crippen LogP contribution in [0.5, 0.6) is 0 Å². The number of hydrogen-bond donors (Lipinski definition) is 1. The van der Waals surface area contributed by atoms with Gasteiger partial charge < -0.3 is 5.32 Å². The number of rotatable bonds is 6. The molecule has 5 heteroatoms. The molecule has 1 aromatic carbocycles. The van der Waals surface area contributed by atoms with Gasteiger partial charge in [-0.3, -0.25) is 0 Å². The molecule has 2 aromatic rings. The van der Waals surface area contributed by atoms with Crippen LogP contribution in [0.2, 0.25) is 10.0 Å². The molecule has 0 amide bonds. The van der Waals surface area contributed by atoms with Crippen LogP contribution in [0.1, 0.15) is 36.3 Å². The van der Waals surface area contributed by atoms with Gasteiger partial charge in [-0.05, 0) is 49.6 Å². The third-order valence-electron chi connectivity index (χ3n) is 3.19. The number of hydrogen-bond acceptors (Lipinski definition) is 3. The molecule has 0 radical (unpaired) electrons. The van der Waals surface area contributed by atoms with Crippen LogP contribution in [-0.4, -0.2) is 16.5 Å². The Balaban J connectivity index is 2.21. The zero-order valence-electron chi connectivity index (χ0n) is 12.2. The van der Waals surface area contributed by atoms with Crippen molar-refractivity contribution < 1.29 is 0 Å². The van der Waals surface area contributed by atoms with E-state index in [4.69, 9.17) is 23.2 Å². The molecule has 1 unspecified atom stereocenters. The molecular weight excluding hydrogens is 305 g/mol. The molecule has 0 aliphatic carbocycles. The first-order chi connectivity index (χ1) is 10.1. The van der Waals surface area contributed by atoms with E-state index in [-0.39, 0.29) is 6.04 Å². The maximum atomic E-state index is 6.27. The third-order valence-corrected chi connectivity index (χ3v) is 3.78. The summed E-state index contributed by atoms with van der Waals surface area (Å²) < 4.78 is 0. The number of nitrogens with one attached hydrogen (secondary N) is 1. The van der Waals surface area contributed by atoms with Crippen LogP contribution in [0.4, 0.5) is 0 Å². The smallest absolute Gasteiger partial charge is 0.145 e. The fourth-order valence-corrected chi connectivity index (χ4v) is 2.55. The van der Waals surface area contributed by atoms with Crippen LogP contribution in [0.15, 0.2) is 30.6 Å². The number of aromatic nitrogens is 2. The Morgan fingerprint density at radius 3 is 2.52 bits per heavy atom. The fraction of sp³-hybridized carbons (Fsp3) is 0.375. The number of aryl methyl sites for hydroxylation is 1. The van der Waals surface area contributed by atoms with Crippen LogP contribution in [-0.2, 0) is 6.42 Å². The van der Waals surface area contributed by atoms with E-state index in [0.717, 1.165) is 36.3 Å². The molecule has 21 heavy (non-hydrogen) atoms. The van der Waals surface area contributed by atoms with Gasteiger partial charge in [-0.1, -0.05) is 36.2 Å². The summed E-state index contributed by atoms with van der Waals surface area (Å²) in [4.78, 5) is 8.86. The minimum atomic E-state index is 0.0456. The van der Waals surface area contributed by atoms with Crippen molar-refractivity contribution in [2.45, 2.75) is 32.7 Å². The van der Waals surface area contributed by atoms with Crippen molar-refractivity contribution in [1.82, 2.24) is 15.3 Å². The predicted octanol–water partition coefficient (Wildman–Crippen LogP) is 4.38. The van der Waals surface area contributed by atoms with Crippen molar-refractivity contribution in [2.75, 3.05) is 6.54 Å². The van der Waals surface area contributed by atoms with Gasteiger partial charge in [0, 0.05) is 22.4 Å². The van der Waals surface area contributed by atoms with Crippen molar-refractivity contribution in [3.8, 4) is 0 Å². The van der Waals surface area contributed by atoms with Gasteiger partial charge in [0.1, 0.15) is 5.82 Å². The van der Waals surface area contributed by atoms with Gasteiger partial charge in [0.05, 0.1) is 6.04 Å². The summed E-state index contributed by atoms with van der Waals surface area (Å²) in [5.41, 5.74) is 2.09. The first-order valence-corrected chi connectivity index (χ1v) is 7.81. The Labute approximate surface area is 135 Å². The zero-order chi connectivity index (χ0) is 15.2. The van der Waals surface area contributed by atoms with Crippen molar-refractivity contribution in [3.63, 3.8) is 0 Å². The Kier molecular flexibility index (Phi) is 5.97. The predicted molar refractivity (Wildman–Crippen MR) is 88.0 cm³/mol. The summed E-state index contributed by atoms with van der Waals surface area (Å²) in [5, 5.41) is 4.80. The van der Waals surface area contributed by atoms with Gasteiger partial charge in [-0.15, -0.1) is 0 Å². The SMILES string of the molecule is CCCNC(Cc1ccc(Cl)cc1Cl)c1ncc(C)cn1. The van der Waals surface area contributed by atoms with E-state index < -0.39 is 0 Å². The Bertz CT molecular complexity index is 585. The van der Waals surface area contributed by atoms with Crippen molar-refractivity contribution in [3.05, 3.63) is 57.6 Å². The molecule has 1 aromatic heterocycles. The second kappa shape index (κ2) is 7.74. The second-order valence-corrected chi connectivity index (χ2v) is 5.91. The lowest BCUT2D eigenvalue weighted by Gasteiger charge is -2.18. The monoisotopic (exact) mass is 323 g/mol. The molecule has 0 saturated heterocycles. The van der Waals surface area contributed by atoms with E-state index >= 15 is 0 Å². The van der Waals surface area contributed by atoms with Crippen molar-refractivity contribution in [1.29, 1.82) is 0 Å². The highest BCUT2D eigenvalue weighted by atomic mass is 35.5. The molecule has 1 N–H and O–H groups in total. The summed E-state index contributed by atoms with van der Waals surface area (Å²) in [7, 11) is 0. The van der Waals surface area contributed by atoms with Gasteiger partial charge in [-0.25, -0.2) is 9.97 Å². The summed E-state index contributed by atoms with van der Waals surface area (Å²) in [5.74, 6) is 0.792. The summed E-state index contributed by atoms with van der Waals surface area (Å²) in [6, 6.07) is 5.63. The highest BCUT2D eigenvalue weighted by Crippen LogP contribution is 2.25. The number of benzene rings is 1. The van der Waals surface area contributed by atoms with E-state index in [0.29, 0.717) is 10.0 Å². The Hall–Kier alpha value is -1.16. The van der Waals surface area contributed by atoms with Crippen LogP contribution in [0, 0.1) is 6.92 Å². The number of halogens is 2. The highest BCUT2D eigenvalue weighted by molar-refractivity contribution is 6.35. The Morgan fingerprint density at radius 2 is 1.90 bits per heavy atom. The van der Waals surface area contributed by atoms with E-state index in [2.05, 4.69) is 22.2 Å². The van der Waals surface area contributed by atoms with Crippen LogP contribution < -0.4 is 5.32 Å². The van der Waals surface area contributed by atoms with Gasteiger partial charge >= 0.3 is 0 Å². The normalized spacial score (nSPS) is 12.4. The molecular formula is C16H19Cl2N3. The number of nitrogens with zero attached hydrogens (tertiary/aromatic N) is 2.